The second-order valence-electron chi connectivity index (χ2n) is 4.61. The molecule has 104 valence electrons. The number of rotatable bonds is 5. The van der Waals surface area contributed by atoms with Gasteiger partial charge in [0, 0.05) is 12.2 Å². The van der Waals surface area contributed by atoms with Crippen molar-refractivity contribution in [2.45, 2.75) is 26.4 Å². The number of amides is 1. The highest BCUT2D eigenvalue weighted by atomic mass is 16.1. The molecule has 6 heteroatoms. The zero-order valence-corrected chi connectivity index (χ0v) is 11.5. The lowest BCUT2D eigenvalue weighted by Crippen LogP contribution is -2.24. The average Bonchev–Trinajstić information content (AvgIpc) is 2.46. The van der Waals surface area contributed by atoms with Crippen LogP contribution in [-0.4, -0.2) is 27.1 Å². The van der Waals surface area contributed by atoms with E-state index in [4.69, 9.17) is 0 Å². The molecule has 2 aromatic heterocycles. The molecule has 0 aliphatic carbocycles. The Morgan fingerprint density at radius 3 is 2.65 bits per heavy atom. The molecule has 1 amide bonds. The van der Waals surface area contributed by atoms with Crippen molar-refractivity contribution in [3.63, 3.8) is 0 Å². The van der Waals surface area contributed by atoms with Gasteiger partial charge in [0.2, 0.25) is 0 Å². The van der Waals surface area contributed by atoms with Crippen molar-refractivity contribution in [1.29, 1.82) is 0 Å². The normalized spacial score (nSPS) is 10.3. The summed E-state index contributed by atoms with van der Waals surface area (Å²) < 4.78 is 0. The number of aromatic nitrogens is 3. The van der Waals surface area contributed by atoms with Crippen molar-refractivity contribution >= 4 is 11.7 Å². The summed E-state index contributed by atoms with van der Waals surface area (Å²) in [5, 5.41) is 13.7. The Morgan fingerprint density at radius 2 is 2.05 bits per heavy atom. The highest BCUT2D eigenvalue weighted by Crippen LogP contribution is 2.04. The summed E-state index contributed by atoms with van der Waals surface area (Å²) >= 11 is 0. The van der Waals surface area contributed by atoms with Crippen molar-refractivity contribution in [2.75, 3.05) is 5.32 Å². The van der Waals surface area contributed by atoms with E-state index in [1.54, 1.807) is 18.3 Å². The Bertz CT molecular complexity index is 554. The Hall–Kier alpha value is -2.50. The third kappa shape index (κ3) is 4.01. The molecule has 0 aliphatic heterocycles. The molecular weight excluding hydrogens is 254 g/mol. The number of nitrogens with one attached hydrogen (secondary N) is 2. The number of anilines is 1. The molecule has 0 unspecified atom stereocenters. The zero-order valence-electron chi connectivity index (χ0n) is 11.5. The van der Waals surface area contributed by atoms with Gasteiger partial charge < -0.3 is 10.6 Å². The minimum Gasteiger partial charge on any atom is -0.366 e. The Kier molecular flexibility index (Phi) is 4.60. The van der Waals surface area contributed by atoms with Gasteiger partial charge in [-0.25, -0.2) is 0 Å². The van der Waals surface area contributed by atoms with Crippen molar-refractivity contribution in [2.24, 2.45) is 0 Å². The maximum absolute atomic E-state index is 11.9. The van der Waals surface area contributed by atoms with Gasteiger partial charge in [-0.3, -0.25) is 9.78 Å². The lowest BCUT2D eigenvalue weighted by Gasteiger charge is -2.08. The molecule has 6 nitrogen and oxygen atoms in total. The van der Waals surface area contributed by atoms with Crippen molar-refractivity contribution in [1.82, 2.24) is 20.5 Å². The first-order valence-electron chi connectivity index (χ1n) is 6.43. The molecule has 0 fully saturated rings. The maximum atomic E-state index is 11.9. The molecule has 0 saturated heterocycles. The summed E-state index contributed by atoms with van der Waals surface area (Å²) in [5.41, 5.74) is 1.09. The van der Waals surface area contributed by atoms with E-state index in [-0.39, 0.29) is 17.6 Å². The largest absolute Gasteiger partial charge is 0.366 e. The zero-order chi connectivity index (χ0) is 14.4. The lowest BCUT2D eigenvalue weighted by molar-refractivity contribution is 0.0944. The van der Waals surface area contributed by atoms with Crippen LogP contribution >= 0.6 is 0 Å². The second-order valence-corrected chi connectivity index (χ2v) is 4.61. The fourth-order valence-corrected chi connectivity index (χ4v) is 1.59. The van der Waals surface area contributed by atoms with Crippen LogP contribution in [0.2, 0.25) is 0 Å². The van der Waals surface area contributed by atoms with Crippen LogP contribution in [0.15, 0.2) is 36.5 Å². The quantitative estimate of drug-likeness (QED) is 0.864. The third-order valence-electron chi connectivity index (χ3n) is 2.49. The Labute approximate surface area is 117 Å². The van der Waals surface area contributed by atoms with Gasteiger partial charge in [-0.2, -0.15) is 0 Å². The fraction of sp³-hybridized carbons (Fsp3) is 0.286. The maximum Gasteiger partial charge on any atom is 0.272 e. The summed E-state index contributed by atoms with van der Waals surface area (Å²) in [4.78, 5) is 16.0. The molecule has 0 radical (unpaired) electrons. The van der Waals surface area contributed by atoms with E-state index in [0.717, 1.165) is 5.69 Å². The summed E-state index contributed by atoms with van der Waals surface area (Å²) in [6, 6.07) is 9.21. The standard InChI is InChI=1S/C14H17N5O/c1-10(2)17-13-7-6-12(18-19-13)14(20)16-9-11-5-3-4-8-15-11/h3-8,10H,9H2,1-2H3,(H,16,20)(H,17,19). The average molecular weight is 271 g/mol. The van der Waals surface area contributed by atoms with Crippen LogP contribution in [0.25, 0.3) is 0 Å². The van der Waals surface area contributed by atoms with Gasteiger partial charge in [0.05, 0.1) is 12.2 Å². The second kappa shape index (κ2) is 6.60. The number of hydrogen-bond donors (Lipinski definition) is 2. The summed E-state index contributed by atoms with van der Waals surface area (Å²) in [5.74, 6) is 0.389. The van der Waals surface area contributed by atoms with Crippen LogP contribution in [-0.2, 0) is 6.54 Å². The first kappa shape index (κ1) is 13.9. The number of hydrogen-bond acceptors (Lipinski definition) is 5. The Balaban J connectivity index is 1.92. The highest BCUT2D eigenvalue weighted by Gasteiger charge is 2.08. The number of nitrogens with zero attached hydrogens (tertiary/aromatic N) is 3. The summed E-state index contributed by atoms with van der Waals surface area (Å²) in [6.07, 6.45) is 1.69. The molecule has 0 aromatic carbocycles. The Morgan fingerprint density at radius 1 is 1.20 bits per heavy atom. The molecule has 2 N–H and O–H groups in total. The SMILES string of the molecule is CC(C)Nc1ccc(C(=O)NCc2ccccn2)nn1. The van der Waals surface area contributed by atoms with Gasteiger partial charge in [0.25, 0.3) is 5.91 Å². The van der Waals surface area contributed by atoms with Crippen LogP contribution in [0.5, 0.6) is 0 Å². The van der Waals surface area contributed by atoms with Crippen LogP contribution in [0.3, 0.4) is 0 Å². The van der Waals surface area contributed by atoms with Gasteiger partial charge in [0.1, 0.15) is 5.82 Å². The van der Waals surface area contributed by atoms with Crippen LogP contribution in [0.4, 0.5) is 5.82 Å². The molecular formula is C14H17N5O. The first-order chi connectivity index (χ1) is 9.65. The van der Waals surface area contributed by atoms with Gasteiger partial charge in [-0.15, -0.1) is 10.2 Å². The minimum absolute atomic E-state index is 0.265. The fourth-order valence-electron chi connectivity index (χ4n) is 1.59. The van der Waals surface area contributed by atoms with Crippen molar-refractivity contribution in [3.05, 3.63) is 47.9 Å². The minimum atomic E-state index is -0.265. The number of pyridine rings is 1. The molecule has 0 bridgehead atoms. The lowest BCUT2D eigenvalue weighted by atomic mass is 10.3. The molecule has 0 saturated carbocycles. The monoisotopic (exact) mass is 271 g/mol. The predicted molar refractivity (Wildman–Crippen MR) is 76.2 cm³/mol. The van der Waals surface area contributed by atoms with Crippen LogP contribution in [0, 0.1) is 0 Å². The van der Waals surface area contributed by atoms with Gasteiger partial charge in [-0.1, -0.05) is 6.07 Å². The van der Waals surface area contributed by atoms with E-state index < -0.39 is 0 Å². The number of carbonyl (C=O) groups is 1. The predicted octanol–water partition coefficient (Wildman–Crippen LogP) is 1.62. The molecule has 2 heterocycles. The molecule has 20 heavy (non-hydrogen) atoms. The van der Waals surface area contributed by atoms with Crippen LogP contribution < -0.4 is 10.6 Å². The van der Waals surface area contributed by atoms with Gasteiger partial charge in [0.15, 0.2) is 5.69 Å². The van der Waals surface area contributed by atoms with Crippen molar-refractivity contribution < 1.29 is 4.79 Å². The van der Waals surface area contributed by atoms with Crippen LogP contribution in [0.1, 0.15) is 30.0 Å². The molecule has 0 aliphatic rings. The molecule has 2 rings (SSSR count). The molecule has 0 atom stereocenters. The summed E-state index contributed by atoms with van der Waals surface area (Å²) in [7, 11) is 0. The van der Waals surface area contributed by atoms with E-state index in [2.05, 4.69) is 25.8 Å². The smallest absolute Gasteiger partial charge is 0.272 e. The highest BCUT2D eigenvalue weighted by molar-refractivity contribution is 5.92. The van der Waals surface area contributed by atoms with Gasteiger partial charge in [-0.05, 0) is 38.1 Å². The van der Waals surface area contributed by atoms with E-state index in [0.29, 0.717) is 12.4 Å². The van der Waals surface area contributed by atoms with Gasteiger partial charge >= 0.3 is 0 Å². The van der Waals surface area contributed by atoms with E-state index in [9.17, 15) is 4.79 Å². The van der Waals surface area contributed by atoms with E-state index in [1.165, 1.54) is 0 Å². The van der Waals surface area contributed by atoms with E-state index >= 15 is 0 Å². The topological polar surface area (TPSA) is 79.8 Å². The first-order valence-corrected chi connectivity index (χ1v) is 6.43. The van der Waals surface area contributed by atoms with Crippen molar-refractivity contribution in [3.8, 4) is 0 Å². The number of carbonyl (C=O) groups excluding carboxylic acids is 1. The molecule has 2 aromatic rings. The van der Waals surface area contributed by atoms with E-state index in [1.807, 2.05) is 32.0 Å². The third-order valence-corrected chi connectivity index (χ3v) is 2.49. The summed E-state index contributed by atoms with van der Waals surface area (Å²) in [6.45, 7) is 4.39. The molecule has 0 spiro atoms.